The first-order chi connectivity index (χ1) is 21.3. The third kappa shape index (κ3) is 4.42. The monoisotopic (exact) mass is 637 g/mol. The Hall–Kier alpha value is -4.95. The molecule has 5 rings (SSSR count). The quantitative estimate of drug-likeness (QED) is 0.188. The fourth-order valence-electron chi connectivity index (χ4n) is 7.72. The van der Waals surface area contributed by atoms with Gasteiger partial charge in [-0.1, -0.05) is 19.9 Å². The highest BCUT2D eigenvalue weighted by Crippen LogP contribution is 2.63. The first-order valence-electron chi connectivity index (χ1n) is 14.3. The first kappa shape index (κ1) is 32.4. The number of benzene rings is 2. The van der Waals surface area contributed by atoms with Crippen LogP contribution in [-0.4, -0.2) is 88.7 Å². The summed E-state index contributed by atoms with van der Waals surface area (Å²) in [7, 11) is 6.46. The third-order valence-electron chi connectivity index (χ3n) is 9.42. The Morgan fingerprint density at radius 2 is 1.70 bits per heavy atom. The van der Waals surface area contributed by atoms with Gasteiger partial charge in [-0.3, -0.25) is 19.3 Å². The molecule has 3 aliphatic carbocycles. The summed E-state index contributed by atoms with van der Waals surface area (Å²) in [5, 5.41) is 51.6. The van der Waals surface area contributed by atoms with Crippen molar-refractivity contribution in [3.05, 3.63) is 64.2 Å². The summed E-state index contributed by atoms with van der Waals surface area (Å²) < 4.78 is 13.6. The smallest absolute Gasteiger partial charge is 0.323 e. The number of phenolic OH excluding ortho intramolecular Hbond substituents is 1. The van der Waals surface area contributed by atoms with Gasteiger partial charge in [-0.05, 0) is 56.8 Å². The van der Waals surface area contributed by atoms with Crippen LogP contribution in [0.3, 0.4) is 0 Å². The number of phenols is 1. The highest BCUT2D eigenvalue weighted by Gasteiger charge is 2.72. The molecule has 3 amide bonds. The molecular weight excluding hydrogens is 601 g/mol. The van der Waals surface area contributed by atoms with Gasteiger partial charge in [-0.15, -0.1) is 0 Å². The zero-order valence-corrected chi connectivity index (χ0v) is 26.1. The number of ketones is 2. The van der Waals surface area contributed by atoms with Crippen LogP contribution in [0.2, 0.25) is 0 Å². The van der Waals surface area contributed by atoms with E-state index in [9.17, 15) is 44.0 Å². The summed E-state index contributed by atoms with van der Waals surface area (Å²) >= 11 is 0. The summed E-state index contributed by atoms with van der Waals surface area (Å²) in [5.41, 5.74) is -1.01. The van der Waals surface area contributed by atoms with Crippen LogP contribution in [0.15, 0.2) is 47.2 Å². The van der Waals surface area contributed by atoms with Crippen LogP contribution in [0.25, 0.3) is 5.76 Å². The molecule has 46 heavy (non-hydrogen) atoms. The molecule has 2 aromatic carbocycles. The van der Waals surface area contributed by atoms with Crippen molar-refractivity contribution in [2.24, 2.45) is 16.6 Å². The number of aliphatic hydroxyl groups is 3. The number of hydrogen-bond donors (Lipinski definition) is 7. The molecule has 0 heterocycles. The van der Waals surface area contributed by atoms with Gasteiger partial charge in [0.1, 0.15) is 22.9 Å². The number of primary amides is 1. The fraction of sp³-hybridized carbons (Fsp3) is 0.375. The molecule has 4 atom stereocenters. The number of hydrogen-bond acceptors (Lipinski definition) is 10. The number of aromatic hydroxyl groups is 1. The Morgan fingerprint density at radius 1 is 1.04 bits per heavy atom. The van der Waals surface area contributed by atoms with E-state index in [0.717, 1.165) is 6.07 Å². The molecule has 0 aliphatic heterocycles. The van der Waals surface area contributed by atoms with Crippen LogP contribution in [0, 0.1) is 16.6 Å². The largest absolute Gasteiger partial charge is 0.508 e. The van der Waals surface area contributed by atoms with Crippen LogP contribution >= 0.6 is 0 Å². The van der Waals surface area contributed by atoms with Gasteiger partial charge in [0.05, 0.1) is 17.3 Å². The van der Waals surface area contributed by atoms with Crippen molar-refractivity contribution in [2.75, 3.05) is 43.7 Å². The second kappa shape index (κ2) is 10.6. The minimum absolute atomic E-state index is 0.0253. The number of likely N-dealkylation sites (N-methyl/N-ethyl adjacent to an activating group) is 1. The van der Waals surface area contributed by atoms with Crippen molar-refractivity contribution < 1.29 is 44.0 Å². The van der Waals surface area contributed by atoms with Crippen molar-refractivity contribution >= 4 is 46.3 Å². The Balaban J connectivity index is 1.71. The molecule has 0 radical (unpaired) electrons. The lowest BCUT2D eigenvalue weighted by Gasteiger charge is -2.59. The lowest BCUT2D eigenvalue weighted by molar-refractivity contribution is -0.175. The molecule has 8 N–H and O–H groups in total. The van der Waals surface area contributed by atoms with Gasteiger partial charge >= 0.3 is 6.03 Å². The number of urea groups is 1. The van der Waals surface area contributed by atoms with Gasteiger partial charge < -0.3 is 41.7 Å². The molecule has 0 saturated heterocycles. The van der Waals surface area contributed by atoms with E-state index in [1.807, 2.05) is 0 Å². The van der Waals surface area contributed by atoms with E-state index < -0.39 is 74.6 Å². The molecule has 3 aliphatic rings. The van der Waals surface area contributed by atoms with Gasteiger partial charge in [0.2, 0.25) is 5.78 Å². The Kier molecular flexibility index (Phi) is 7.45. The molecule has 2 aromatic rings. The summed E-state index contributed by atoms with van der Waals surface area (Å²) in [4.78, 5) is 56.3. The van der Waals surface area contributed by atoms with E-state index in [4.69, 9.17) is 5.73 Å². The van der Waals surface area contributed by atoms with E-state index in [1.54, 1.807) is 25.9 Å². The van der Waals surface area contributed by atoms with Crippen LogP contribution in [0.4, 0.5) is 26.2 Å². The molecular formula is C32H36FN5O8. The number of nitrogens with two attached hydrogens (primary N) is 1. The maximum atomic E-state index is 14.5. The second-order valence-electron chi connectivity index (χ2n) is 13.0. The summed E-state index contributed by atoms with van der Waals surface area (Å²) in [6.07, 6.45) is -0.104. The predicted molar refractivity (Wildman–Crippen MR) is 167 cm³/mol. The highest BCUT2D eigenvalue weighted by molar-refractivity contribution is 6.25. The lowest BCUT2D eigenvalue weighted by atomic mass is 9.46. The minimum Gasteiger partial charge on any atom is -0.508 e. The van der Waals surface area contributed by atoms with Crippen molar-refractivity contribution in [3.8, 4) is 5.75 Å². The van der Waals surface area contributed by atoms with Gasteiger partial charge in [-0.2, -0.15) is 0 Å². The number of carbonyl (C=O) groups is 4. The molecule has 1 fully saturated rings. The molecule has 0 spiro atoms. The van der Waals surface area contributed by atoms with Gasteiger partial charge in [-0.25, -0.2) is 9.18 Å². The van der Waals surface area contributed by atoms with E-state index in [2.05, 4.69) is 10.6 Å². The van der Waals surface area contributed by atoms with E-state index in [-0.39, 0.29) is 35.4 Å². The van der Waals surface area contributed by atoms with Crippen molar-refractivity contribution in [2.45, 2.75) is 38.3 Å². The minimum atomic E-state index is -2.86. The molecule has 1 saturated carbocycles. The number of aliphatic hydroxyl groups excluding tert-OH is 2. The van der Waals surface area contributed by atoms with E-state index in [0.29, 0.717) is 11.3 Å². The zero-order chi connectivity index (χ0) is 34.3. The fourth-order valence-corrected chi connectivity index (χ4v) is 7.72. The van der Waals surface area contributed by atoms with Gasteiger partial charge in [0.15, 0.2) is 17.1 Å². The first-order valence-corrected chi connectivity index (χ1v) is 14.3. The highest BCUT2D eigenvalue weighted by atomic mass is 19.1. The number of nitrogens with zero attached hydrogens (tertiary/aromatic N) is 2. The van der Waals surface area contributed by atoms with Crippen LogP contribution in [0.1, 0.15) is 31.4 Å². The number of rotatable bonds is 5. The summed E-state index contributed by atoms with van der Waals surface area (Å²) in [6, 6.07) is 4.51. The number of halogens is 1. The maximum Gasteiger partial charge on any atom is 0.323 e. The molecule has 13 nitrogen and oxygen atoms in total. The molecule has 14 heteroatoms. The Labute approximate surface area is 263 Å². The van der Waals surface area contributed by atoms with Crippen LogP contribution < -0.4 is 21.3 Å². The normalized spacial score (nSPS) is 27.2. The predicted octanol–water partition coefficient (Wildman–Crippen LogP) is 2.59. The topological polar surface area (TPSA) is 206 Å². The van der Waals surface area contributed by atoms with Crippen molar-refractivity contribution in [3.63, 3.8) is 0 Å². The Bertz CT molecular complexity index is 1800. The number of nitrogens with one attached hydrogen (secondary N) is 2. The Morgan fingerprint density at radius 3 is 2.26 bits per heavy atom. The van der Waals surface area contributed by atoms with Crippen LogP contribution in [0.5, 0.6) is 5.75 Å². The molecule has 244 valence electrons. The van der Waals surface area contributed by atoms with E-state index in [1.165, 1.54) is 50.2 Å². The second-order valence-corrected chi connectivity index (χ2v) is 13.0. The molecule has 0 unspecified atom stereocenters. The average Bonchev–Trinajstić information content (AvgIpc) is 2.91. The van der Waals surface area contributed by atoms with Crippen LogP contribution in [-0.2, 0) is 20.8 Å². The summed E-state index contributed by atoms with van der Waals surface area (Å²) in [6.45, 7) is 3.13. The number of carbonyl (C=O) groups excluding carboxylic acids is 4. The summed E-state index contributed by atoms with van der Waals surface area (Å²) in [5.74, 6) is -6.46. The number of fused-ring (bicyclic) bond motifs is 3. The molecule has 0 bridgehead atoms. The SMILES string of the molecule is CN(C)c1cc(NC(=O)Nc2cccc(F)c2)c(O)c2c1C[C@@]1(C)C[C@@]3(C)[C@H](N(C)C)C(=O)C(C(N)=O)=C(O)[C@@]3(O)C(=O)C1=C2O. The molecule has 0 aromatic heterocycles. The van der Waals surface area contributed by atoms with Crippen molar-refractivity contribution in [1.29, 1.82) is 0 Å². The van der Waals surface area contributed by atoms with Gasteiger partial charge in [0, 0.05) is 41.9 Å². The number of Topliss-reactive ketones (excluding diaryl/α,β-unsaturated/α-hetero) is 2. The third-order valence-corrected chi connectivity index (χ3v) is 9.42. The lowest BCUT2D eigenvalue weighted by Crippen LogP contribution is -2.72. The van der Waals surface area contributed by atoms with E-state index >= 15 is 0 Å². The standard InChI is InChI=1S/C32H36FN5O8/c1-30-12-16-18(37(3)4)11-17(36-29(45)35-15-9-7-8-14(33)10-15)22(39)19(16)23(40)21(30)27(43)32(46)26(42)20(28(34)44)24(41)25(38(5)6)31(32,2)13-30/h7-11,25,39-40,42,46H,12-13H2,1-6H3,(H2,34,44)(H2,35,36,45)/t25-,30+,31+,32-/m1/s1. The average molecular weight is 638 g/mol. The number of amides is 3. The number of anilines is 3. The van der Waals surface area contributed by atoms with Crippen molar-refractivity contribution in [1.82, 2.24) is 4.90 Å². The maximum absolute atomic E-state index is 14.5. The zero-order valence-electron chi connectivity index (χ0n) is 26.1. The van der Waals surface area contributed by atoms with Gasteiger partial charge in [0.25, 0.3) is 5.91 Å².